The zero-order valence-electron chi connectivity index (χ0n) is 27.1. The number of aromatic nitrogens is 1. The number of pyridine rings is 1. The van der Waals surface area contributed by atoms with Gasteiger partial charge in [-0.3, -0.25) is 4.98 Å². The Bertz CT molecular complexity index is 2000. The van der Waals surface area contributed by atoms with E-state index in [2.05, 4.69) is 122 Å². The molecule has 9 rings (SSSR count). The Morgan fingerprint density at radius 2 is 1.27 bits per heavy atom. The van der Waals surface area contributed by atoms with Crippen LogP contribution in [0.15, 0.2) is 170 Å². The van der Waals surface area contributed by atoms with Gasteiger partial charge >= 0.3 is 30.2 Å². The molecule has 1 nitrogen and oxygen atoms in total. The molecule has 5 heteroatoms. The number of hydrogen-bond acceptors (Lipinski definition) is 1. The standard InChI is InChI=1S/C19H14N.C13H9.2C6H5.2ClH.Si.Zr/c1-13-9-14-6-4-7-17(18(14)10-13)16-11-15-5-2-3-8-19(15)20-12-16;1-3-7-12-10(5-1)9-11-6-2-4-8-13(11)12;2*1-2-4-6-5-3-1;;;;/h2-12H,1H3;1-5,7-8H,9H2;2*1-5H;2*1H;;/q4*-1;;;;. The van der Waals surface area contributed by atoms with Gasteiger partial charge in [0.25, 0.3) is 0 Å². The van der Waals surface area contributed by atoms with Gasteiger partial charge in [0.1, 0.15) is 0 Å². The van der Waals surface area contributed by atoms with E-state index in [1.165, 1.54) is 78.4 Å². The van der Waals surface area contributed by atoms with Gasteiger partial charge in [-0.2, -0.15) is 109 Å². The molecule has 1 aliphatic rings. The van der Waals surface area contributed by atoms with Gasteiger partial charge in [-0.1, -0.05) is 72.1 Å². The summed E-state index contributed by atoms with van der Waals surface area (Å²) >= 11 is 1.36. The topological polar surface area (TPSA) is 12.9 Å². The normalized spacial score (nSPS) is 9.88. The smallest absolute Gasteiger partial charge is 0.0253 e. The first-order valence-corrected chi connectivity index (χ1v) is 19.6. The van der Waals surface area contributed by atoms with Gasteiger partial charge in [-0.15, -0.1) is 64.9 Å². The molecule has 0 saturated heterocycles. The Labute approximate surface area is 319 Å². The average molecular weight is 768 g/mol. The molecule has 2 radical (unpaired) electrons. The summed E-state index contributed by atoms with van der Waals surface area (Å²) in [5.41, 5.74) is 10.3. The summed E-state index contributed by atoms with van der Waals surface area (Å²) in [4.78, 5) is 4.57. The second-order valence-electron chi connectivity index (χ2n) is 10.8. The second kappa shape index (κ2) is 21.2. The van der Waals surface area contributed by atoms with Crippen molar-refractivity contribution in [2.75, 3.05) is 0 Å². The van der Waals surface area contributed by atoms with E-state index in [9.17, 15) is 0 Å². The predicted octanol–water partition coefficient (Wildman–Crippen LogP) is 11.6. The third kappa shape index (κ3) is 11.0. The molecule has 0 atom stereocenters. The van der Waals surface area contributed by atoms with Crippen LogP contribution in [0.3, 0.4) is 0 Å². The minimum absolute atomic E-state index is 0. The SMILES string of the molecule is Cc1cc2c(-c3cnc4ccccc4c3)cccc2[cH-]1.Cl.Cl.[Si]=[Zr].[c-]1cccc2c1Cc1ccccc1-2.[c-]1ccccc1.[c-]1ccccc1. The van der Waals surface area contributed by atoms with Crippen LogP contribution < -0.4 is 0 Å². The fourth-order valence-electron chi connectivity index (χ4n) is 5.54. The van der Waals surface area contributed by atoms with Crippen LogP contribution >= 0.6 is 24.8 Å². The van der Waals surface area contributed by atoms with Crippen LogP contribution in [-0.4, -0.2) is 11.9 Å². The summed E-state index contributed by atoms with van der Waals surface area (Å²) in [6, 6.07) is 64.5. The van der Waals surface area contributed by atoms with Crippen molar-refractivity contribution in [2.45, 2.75) is 13.3 Å². The van der Waals surface area contributed by atoms with Gasteiger partial charge in [-0.25, -0.2) is 0 Å². The number of fused-ring (bicyclic) bond motifs is 5. The number of para-hydroxylation sites is 1. The van der Waals surface area contributed by atoms with Crippen LogP contribution in [0.1, 0.15) is 16.7 Å². The maximum absolute atomic E-state index is 4.57. The molecule has 0 N–H and O–H groups in total. The molecule has 1 aromatic heterocycles. The largest absolute Gasteiger partial charge is 0.184 e. The Morgan fingerprint density at radius 1 is 0.633 bits per heavy atom. The molecule has 1 aliphatic carbocycles. The molecular formula is C44H35Cl2NSiZr-4. The van der Waals surface area contributed by atoms with Crippen LogP contribution in [0.4, 0.5) is 0 Å². The molecule has 49 heavy (non-hydrogen) atoms. The first-order chi connectivity index (χ1) is 23.3. The predicted molar refractivity (Wildman–Crippen MR) is 209 cm³/mol. The fraction of sp³-hybridized carbons (Fsp3) is 0.0455. The first-order valence-electron chi connectivity index (χ1n) is 15.4. The summed E-state index contributed by atoms with van der Waals surface area (Å²) < 4.78 is 0. The molecule has 0 unspecified atom stereocenters. The Hall–Kier alpha value is -3.98. The van der Waals surface area contributed by atoms with Crippen LogP contribution in [-0.2, 0) is 29.8 Å². The molecule has 0 spiro atoms. The number of nitrogens with zero attached hydrogens (tertiary/aromatic N) is 1. The summed E-state index contributed by atoms with van der Waals surface area (Å²) in [5, 5.41) is 3.79. The molecule has 0 aliphatic heterocycles. The number of benzene rings is 6. The Balaban J connectivity index is 0.000000193. The van der Waals surface area contributed by atoms with Crippen LogP contribution in [0.5, 0.6) is 0 Å². The summed E-state index contributed by atoms with van der Waals surface area (Å²) in [5.74, 6) is 0. The summed E-state index contributed by atoms with van der Waals surface area (Å²) in [6.07, 6.45) is 3.02. The fourth-order valence-corrected chi connectivity index (χ4v) is 5.54. The van der Waals surface area contributed by atoms with E-state index in [1.54, 1.807) is 0 Å². The average Bonchev–Trinajstić information content (AvgIpc) is 3.74. The molecule has 0 saturated carbocycles. The van der Waals surface area contributed by atoms with Crippen LogP contribution in [0, 0.1) is 25.1 Å². The molecule has 1 heterocycles. The van der Waals surface area contributed by atoms with Crippen molar-refractivity contribution in [2.24, 2.45) is 0 Å². The van der Waals surface area contributed by atoms with Crippen molar-refractivity contribution in [1.29, 1.82) is 0 Å². The van der Waals surface area contributed by atoms with Gasteiger partial charge < -0.3 is 0 Å². The van der Waals surface area contributed by atoms with E-state index in [4.69, 9.17) is 0 Å². The van der Waals surface area contributed by atoms with Crippen LogP contribution in [0.25, 0.3) is 43.9 Å². The van der Waals surface area contributed by atoms with Crippen molar-refractivity contribution in [3.05, 3.63) is 205 Å². The van der Waals surface area contributed by atoms with Crippen LogP contribution in [0.2, 0.25) is 0 Å². The van der Waals surface area contributed by atoms with Gasteiger partial charge in [0, 0.05) is 11.6 Å². The minimum atomic E-state index is 0. The van der Waals surface area contributed by atoms with E-state index in [-0.39, 0.29) is 24.8 Å². The molecule has 8 aromatic rings. The zero-order chi connectivity index (χ0) is 32.7. The van der Waals surface area contributed by atoms with Crippen molar-refractivity contribution in [3.8, 4) is 22.3 Å². The molecule has 0 fully saturated rings. The quantitative estimate of drug-likeness (QED) is 0.120. The van der Waals surface area contributed by atoms with E-state index < -0.39 is 0 Å². The molecule has 7 aromatic carbocycles. The molecular weight excluding hydrogens is 733 g/mol. The van der Waals surface area contributed by atoms with E-state index in [1.807, 2.05) is 85.1 Å². The summed E-state index contributed by atoms with van der Waals surface area (Å²) in [6.45, 7) is 5.20. The van der Waals surface area contributed by atoms with Crippen molar-refractivity contribution in [3.63, 3.8) is 0 Å². The van der Waals surface area contributed by atoms with E-state index >= 15 is 0 Å². The van der Waals surface area contributed by atoms with Crippen molar-refractivity contribution in [1.82, 2.24) is 4.98 Å². The van der Waals surface area contributed by atoms with E-state index in [0.717, 1.165) is 11.9 Å². The Morgan fingerprint density at radius 3 is 1.94 bits per heavy atom. The molecule has 0 bridgehead atoms. The van der Waals surface area contributed by atoms with E-state index in [0.29, 0.717) is 0 Å². The third-order valence-electron chi connectivity index (χ3n) is 7.63. The number of hydrogen-bond donors (Lipinski definition) is 0. The summed E-state index contributed by atoms with van der Waals surface area (Å²) in [7, 11) is 0. The number of rotatable bonds is 1. The van der Waals surface area contributed by atoms with Crippen molar-refractivity contribution < 1.29 is 23.3 Å². The number of halogens is 2. The van der Waals surface area contributed by atoms with Gasteiger partial charge in [-0.05, 0) is 24.1 Å². The minimum Gasteiger partial charge on any atom is -0.184 e. The van der Waals surface area contributed by atoms with Gasteiger partial charge in [0.2, 0.25) is 0 Å². The van der Waals surface area contributed by atoms with Gasteiger partial charge in [0.05, 0.1) is 5.52 Å². The molecule has 242 valence electrons. The third-order valence-corrected chi connectivity index (χ3v) is 7.63. The maximum atomic E-state index is 4.57. The zero-order valence-corrected chi connectivity index (χ0v) is 32.2. The Kier molecular flexibility index (Phi) is 17.1. The maximum Gasteiger partial charge on any atom is -0.0253 e. The van der Waals surface area contributed by atoms with Gasteiger partial charge in [0.15, 0.2) is 0 Å². The first kappa shape index (κ1) is 39.5. The van der Waals surface area contributed by atoms with Crippen molar-refractivity contribution >= 4 is 53.4 Å². The monoisotopic (exact) mass is 765 g/mol. The molecule has 0 amide bonds. The second-order valence-corrected chi connectivity index (χ2v) is 10.8. The number of aryl methyl sites for hydroxylation is 1.